The van der Waals surface area contributed by atoms with Crippen LogP contribution in [0.3, 0.4) is 0 Å². The largest absolute Gasteiger partial charge is 0.380 e. The van der Waals surface area contributed by atoms with Gasteiger partial charge in [-0.2, -0.15) is 0 Å². The number of hydrogen-bond donors (Lipinski definition) is 1. The Hall–Kier alpha value is -1.53. The van der Waals surface area contributed by atoms with Gasteiger partial charge in [-0.1, -0.05) is 24.3 Å². The molecule has 4 nitrogen and oxygen atoms in total. The molecule has 0 aliphatic rings. The van der Waals surface area contributed by atoms with Crippen LogP contribution in [0.2, 0.25) is 0 Å². The van der Waals surface area contributed by atoms with Crippen molar-refractivity contribution in [2.45, 2.75) is 11.4 Å². The van der Waals surface area contributed by atoms with E-state index in [1.165, 1.54) is 6.07 Å². The van der Waals surface area contributed by atoms with E-state index in [0.29, 0.717) is 11.0 Å². The van der Waals surface area contributed by atoms with E-state index in [-0.39, 0.29) is 10.6 Å². The van der Waals surface area contributed by atoms with E-state index in [9.17, 15) is 10.1 Å². The minimum absolute atomic E-state index is 0.0856. The maximum Gasteiger partial charge on any atom is 0.283 e. The van der Waals surface area contributed by atoms with Gasteiger partial charge < -0.3 is 5.32 Å². The van der Waals surface area contributed by atoms with Crippen LogP contribution in [0, 0.1) is 10.1 Å². The molecule has 0 aliphatic heterocycles. The summed E-state index contributed by atoms with van der Waals surface area (Å²) in [5.74, 6) is 0. The van der Waals surface area contributed by atoms with Crippen LogP contribution in [0.4, 0.5) is 11.4 Å². The van der Waals surface area contributed by atoms with E-state index in [1.54, 1.807) is 17.8 Å². The van der Waals surface area contributed by atoms with Gasteiger partial charge in [0.25, 0.3) is 5.69 Å². The highest BCUT2D eigenvalue weighted by atomic mass is 79.9. The molecular weight excluding hydrogens is 340 g/mol. The van der Waals surface area contributed by atoms with Crippen LogP contribution in [0.5, 0.6) is 0 Å². The summed E-state index contributed by atoms with van der Waals surface area (Å²) in [5.41, 5.74) is 1.97. The minimum atomic E-state index is -0.385. The predicted octanol–water partition coefficient (Wildman–Crippen LogP) is 4.69. The van der Waals surface area contributed by atoms with Gasteiger partial charge in [0.15, 0.2) is 0 Å². The summed E-state index contributed by atoms with van der Waals surface area (Å²) < 4.78 is 0.527. The Labute approximate surface area is 129 Å². The molecule has 0 saturated carbocycles. The maximum atomic E-state index is 10.9. The van der Waals surface area contributed by atoms with Gasteiger partial charge in [0.05, 0.1) is 4.92 Å². The fourth-order valence-electron chi connectivity index (χ4n) is 1.82. The number of halogens is 1. The molecule has 0 heterocycles. The van der Waals surface area contributed by atoms with Crippen LogP contribution >= 0.6 is 27.7 Å². The van der Waals surface area contributed by atoms with Crippen molar-refractivity contribution < 1.29 is 4.92 Å². The lowest BCUT2D eigenvalue weighted by Crippen LogP contribution is -2.02. The van der Waals surface area contributed by atoms with Crippen molar-refractivity contribution in [1.29, 1.82) is 0 Å². The van der Waals surface area contributed by atoms with Crippen LogP contribution in [-0.2, 0) is 6.54 Å². The van der Waals surface area contributed by atoms with E-state index in [2.05, 4.69) is 21.2 Å². The molecule has 104 valence electrons. The highest BCUT2D eigenvalue weighted by Crippen LogP contribution is 2.30. The number of nitrogens with one attached hydrogen (secondary N) is 1. The molecule has 20 heavy (non-hydrogen) atoms. The summed E-state index contributed by atoms with van der Waals surface area (Å²) >= 11 is 4.96. The number of thioether (sulfide) groups is 1. The zero-order valence-electron chi connectivity index (χ0n) is 10.8. The lowest BCUT2D eigenvalue weighted by molar-refractivity contribution is -0.385. The second kappa shape index (κ2) is 6.76. The zero-order chi connectivity index (χ0) is 14.5. The van der Waals surface area contributed by atoms with Crippen LogP contribution in [0.1, 0.15) is 5.56 Å². The van der Waals surface area contributed by atoms with Crippen LogP contribution in [0.25, 0.3) is 0 Å². The first-order chi connectivity index (χ1) is 9.63. The molecule has 0 fully saturated rings. The highest BCUT2D eigenvalue weighted by Gasteiger charge is 2.14. The molecule has 0 saturated heterocycles. The maximum absolute atomic E-state index is 10.9. The number of nitro groups is 1. The second-order valence-electron chi connectivity index (χ2n) is 4.06. The van der Waals surface area contributed by atoms with Gasteiger partial charge in [0.2, 0.25) is 0 Å². The molecule has 0 radical (unpaired) electrons. The number of nitro benzene ring substituents is 1. The first kappa shape index (κ1) is 14.9. The van der Waals surface area contributed by atoms with E-state index in [1.807, 2.05) is 36.6 Å². The van der Waals surface area contributed by atoms with E-state index in [0.717, 1.165) is 16.1 Å². The summed E-state index contributed by atoms with van der Waals surface area (Å²) in [5, 5.41) is 14.2. The van der Waals surface area contributed by atoms with E-state index >= 15 is 0 Å². The molecule has 0 unspecified atom stereocenters. The first-order valence-electron chi connectivity index (χ1n) is 5.92. The minimum Gasteiger partial charge on any atom is -0.380 e. The van der Waals surface area contributed by atoms with Crippen molar-refractivity contribution in [3.63, 3.8) is 0 Å². The van der Waals surface area contributed by atoms with Crippen LogP contribution in [0.15, 0.2) is 51.8 Å². The van der Waals surface area contributed by atoms with Crippen molar-refractivity contribution in [3.8, 4) is 0 Å². The van der Waals surface area contributed by atoms with Gasteiger partial charge in [0, 0.05) is 23.2 Å². The third-order valence-electron chi connectivity index (χ3n) is 2.83. The molecule has 2 rings (SSSR count). The Balaban J connectivity index is 2.19. The monoisotopic (exact) mass is 352 g/mol. The highest BCUT2D eigenvalue weighted by molar-refractivity contribution is 9.10. The Morgan fingerprint density at radius 2 is 2.00 bits per heavy atom. The summed E-state index contributed by atoms with van der Waals surface area (Å²) in [4.78, 5) is 11.7. The van der Waals surface area contributed by atoms with Crippen LogP contribution < -0.4 is 5.32 Å². The van der Waals surface area contributed by atoms with Crippen molar-refractivity contribution in [1.82, 2.24) is 0 Å². The van der Waals surface area contributed by atoms with Crippen molar-refractivity contribution in [2.24, 2.45) is 0 Å². The van der Waals surface area contributed by atoms with Crippen molar-refractivity contribution in [3.05, 3.63) is 62.6 Å². The fraction of sp³-hybridized carbons (Fsp3) is 0.143. The number of anilines is 1. The molecule has 0 spiro atoms. The SMILES string of the molecule is CSc1ccccc1NCc1cccc([N+](=O)[O-])c1Br. The predicted molar refractivity (Wildman–Crippen MR) is 86.3 cm³/mol. The average Bonchev–Trinajstić information content (AvgIpc) is 2.46. The molecule has 2 aromatic rings. The smallest absolute Gasteiger partial charge is 0.283 e. The van der Waals surface area contributed by atoms with Gasteiger partial charge in [-0.25, -0.2) is 0 Å². The topological polar surface area (TPSA) is 55.2 Å². The van der Waals surface area contributed by atoms with Crippen molar-refractivity contribution in [2.75, 3.05) is 11.6 Å². The average molecular weight is 353 g/mol. The standard InChI is InChI=1S/C14H13BrN2O2S/c1-20-13-8-3-2-6-11(13)16-9-10-5-4-7-12(14(10)15)17(18)19/h2-8,16H,9H2,1H3. The van der Waals surface area contributed by atoms with Gasteiger partial charge in [-0.15, -0.1) is 11.8 Å². The Bertz CT molecular complexity index is 634. The van der Waals surface area contributed by atoms with Gasteiger partial charge in [-0.05, 0) is 39.9 Å². The molecule has 0 bridgehead atoms. The molecule has 0 atom stereocenters. The van der Waals surface area contributed by atoms with E-state index < -0.39 is 0 Å². The number of para-hydroxylation sites is 1. The third-order valence-corrected chi connectivity index (χ3v) is 4.54. The van der Waals surface area contributed by atoms with Gasteiger partial charge in [0.1, 0.15) is 4.47 Å². The van der Waals surface area contributed by atoms with Crippen molar-refractivity contribution >= 4 is 39.1 Å². The quantitative estimate of drug-likeness (QED) is 0.481. The molecule has 0 aromatic heterocycles. The molecule has 2 aromatic carbocycles. The van der Waals surface area contributed by atoms with E-state index in [4.69, 9.17) is 0 Å². The lowest BCUT2D eigenvalue weighted by Gasteiger charge is -2.11. The van der Waals surface area contributed by atoms with Gasteiger partial charge in [-0.3, -0.25) is 10.1 Å². The van der Waals surface area contributed by atoms with Gasteiger partial charge >= 0.3 is 0 Å². The number of benzene rings is 2. The normalized spacial score (nSPS) is 10.3. The third kappa shape index (κ3) is 3.32. The summed E-state index contributed by atoms with van der Waals surface area (Å²) in [6.45, 7) is 0.528. The summed E-state index contributed by atoms with van der Waals surface area (Å²) in [6, 6.07) is 13.0. The Kier molecular flexibility index (Phi) is 5.03. The molecule has 0 amide bonds. The number of nitrogens with zero attached hydrogens (tertiary/aromatic N) is 1. The molecule has 6 heteroatoms. The molecular formula is C14H13BrN2O2S. The first-order valence-corrected chi connectivity index (χ1v) is 7.94. The fourth-order valence-corrected chi connectivity index (χ4v) is 2.95. The Morgan fingerprint density at radius 1 is 1.25 bits per heavy atom. The second-order valence-corrected chi connectivity index (χ2v) is 5.70. The molecule has 1 N–H and O–H groups in total. The molecule has 0 aliphatic carbocycles. The number of hydrogen-bond acceptors (Lipinski definition) is 4. The lowest BCUT2D eigenvalue weighted by atomic mass is 10.2. The summed E-state index contributed by atoms with van der Waals surface area (Å²) in [6.07, 6.45) is 2.02. The Morgan fingerprint density at radius 3 is 2.70 bits per heavy atom. The number of rotatable bonds is 5. The summed E-state index contributed by atoms with van der Waals surface area (Å²) in [7, 11) is 0. The van der Waals surface area contributed by atoms with Crippen LogP contribution in [-0.4, -0.2) is 11.2 Å². The zero-order valence-corrected chi connectivity index (χ0v) is 13.2.